The predicted molar refractivity (Wildman–Crippen MR) is 88.2 cm³/mol. The molecule has 22 heavy (non-hydrogen) atoms. The number of nitrogens with one attached hydrogen (secondary N) is 1. The lowest BCUT2D eigenvalue weighted by Gasteiger charge is -2.15. The Hall–Kier alpha value is -0.950. The van der Waals surface area contributed by atoms with Crippen molar-refractivity contribution in [2.24, 2.45) is 5.92 Å². The maximum absolute atomic E-state index is 12.2. The molecule has 0 unspecified atom stereocenters. The van der Waals surface area contributed by atoms with Gasteiger partial charge in [-0.05, 0) is 31.4 Å². The van der Waals surface area contributed by atoms with Crippen LogP contribution in [-0.2, 0) is 20.5 Å². The molecule has 1 heterocycles. The van der Waals surface area contributed by atoms with Crippen LogP contribution in [0.25, 0.3) is 0 Å². The second-order valence-electron chi connectivity index (χ2n) is 6.04. The van der Waals surface area contributed by atoms with Crippen molar-refractivity contribution in [2.75, 3.05) is 39.9 Å². The fraction of sp³-hybridized carbons (Fsp3) is 0.625. The first-order valence-electron chi connectivity index (χ1n) is 7.72. The number of hydrogen-bond donors (Lipinski definition) is 1. The lowest BCUT2D eigenvalue weighted by molar-refractivity contribution is 0.159. The number of rotatable bonds is 8. The van der Waals surface area contributed by atoms with Crippen LogP contribution in [0.5, 0.6) is 0 Å². The summed E-state index contributed by atoms with van der Waals surface area (Å²) in [6.07, 6.45) is 1.04. The van der Waals surface area contributed by atoms with E-state index in [9.17, 15) is 8.42 Å². The van der Waals surface area contributed by atoms with Crippen LogP contribution in [-0.4, -0.2) is 53.2 Å². The summed E-state index contributed by atoms with van der Waals surface area (Å²) in [6.45, 7) is 6.13. The van der Waals surface area contributed by atoms with Crippen LogP contribution >= 0.6 is 0 Å². The van der Waals surface area contributed by atoms with Gasteiger partial charge in [-0.2, -0.15) is 0 Å². The van der Waals surface area contributed by atoms with E-state index in [0.29, 0.717) is 12.5 Å². The van der Waals surface area contributed by atoms with Crippen LogP contribution in [0.4, 0.5) is 0 Å². The summed E-state index contributed by atoms with van der Waals surface area (Å²) in [4.78, 5) is 2.32. The van der Waals surface area contributed by atoms with Gasteiger partial charge in [0.2, 0.25) is 10.0 Å². The molecule has 1 atom stereocenters. The van der Waals surface area contributed by atoms with Gasteiger partial charge in [0.15, 0.2) is 0 Å². The number of likely N-dealkylation sites (tertiary alicyclic amines) is 1. The zero-order chi connectivity index (χ0) is 16.0. The minimum atomic E-state index is -3.26. The molecular formula is C16H26N2O3S. The van der Waals surface area contributed by atoms with Crippen molar-refractivity contribution in [1.82, 2.24) is 9.62 Å². The highest BCUT2D eigenvalue weighted by atomic mass is 32.2. The smallest absolute Gasteiger partial charge is 0.215 e. The number of sulfonamides is 1. The molecule has 0 saturated carbocycles. The number of methoxy groups -OCH3 is 1. The molecule has 6 heteroatoms. The molecule has 1 saturated heterocycles. The standard InChI is InChI=1S/C16H26N2O3S/c1-14-3-5-15(6-4-14)13-22(19,20)17-11-16-7-8-18(12-16)9-10-21-2/h3-6,16-17H,7-13H2,1-2H3/t16-/m1/s1. The van der Waals surface area contributed by atoms with Crippen LogP contribution in [0, 0.1) is 12.8 Å². The number of hydrogen-bond acceptors (Lipinski definition) is 4. The van der Waals surface area contributed by atoms with Crippen molar-refractivity contribution in [3.05, 3.63) is 35.4 Å². The fourth-order valence-corrected chi connectivity index (χ4v) is 3.93. The first-order chi connectivity index (χ1) is 10.5. The van der Waals surface area contributed by atoms with Gasteiger partial charge in [0.1, 0.15) is 0 Å². The summed E-state index contributed by atoms with van der Waals surface area (Å²) in [5, 5.41) is 0. The number of benzene rings is 1. The summed E-state index contributed by atoms with van der Waals surface area (Å²) in [6, 6.07) is 7.62. The van der Waals surface area contributed by atoms with Crippen molar-refractivity contribution in [1.29, 1.82) is 0 Å². The predicted octanol–water partition coefficient (Wildman–Crippen LogP) is 1.38. The molecule has 0 bridgehead atoms. The summed E-state index contributed by atoms with van der Waals surface area (Å²) in [5.41, 5.74) is 1.96. The summed E-state index contributed by atoms with van der Waals surface area (Å²) >= 11 is 0. The maximum atomic E-state index is 12.2. The molecule has 2 rings (SSSR count). The van der Waals surface area contributed by atoms with E-state index in [0.717, 1.165) is 43.8 Å². The molecule has 1 aliphatic heterocycles. The Bertz CT molecular complexity index is 557. The second kappa shape index (κ2) is 8.06. The van der Waals surface area contributed by atoms with Crippen LogP contribution in [0.3, 0.4) is 0 Å². The normalized spacial score (nSPS) is 19.6. The minimum Gasteiger partial charge on any atom is -0.383 e. The van der Waals surface area contributed by atoms with E-state index in [1.165, 1.54) is 0 Å². The van der Waals surface area contributed by atoms with Crippen LogP contribution in [0.15, 0.2) is 24.3 Å². The molecule has 0 radical (unpaired) electrons. The Morgan fingerprint density at radius 3 is 2.73 bits per heavy atom. The Labute approximate surface area is 133 Å². The van der Waals surface area contributed by atoms with Crippen LogP contribution in [0.1, 0.15) is 17.5 Å². The molecule has 124 valence electrons. The minimum absolute atomic E-state index is 0.0490. The lowest BCUT2D eigenvalue weighted by atomic mass is 10.1. The highest BCUT2D eigenvalue weighted by Gasteiger charge is 2.23. The van der Waals surface area contributed by atoms with Gasteiger partial charge in [-0.3, -0.25) is 0 Å². The van der Waals surface area contributed by atoms with Gasteiger partial charge >= 0.3 is 0 Å². The van der Waals surface area contributed by atoms with Gasteiger partial charge in [0, 0.05) is 26.7 Å². The Balaban J connectivity index is 1.77. The molecule has 0 amide bonds. The highest BCUT2D eigenvalue weighted by molar-refractivity contribution is 7.88. The summed E-state index contributed by atoms with van der Waals surface area (Å²) in [5.74, 6) is 0.442. The molecule has 1 N–H and O–H groups in total. The quantitative estimate of drug-likeness (QED) is 0.784. The fourth-order valence-electron chi connectivity index (χ4n) is 2.70. The van der Waals surface area contributed by atoms with Crippen molar-refractivity contribution >= 4 is 10.0 Å². The van der Waals surface area contributed by atoms with Crippen molar-refractivity contribution in [2.45, 2.75) is 19.1 Å². The Morgan fingerprint density at radius 2 is 2.05 bits per heavy atom. The highest BCUT2D eigenvalue weighted by Crippen LogP contribution is 2.15. The van der Waals surface area contributed by atoms with Crippen molar-refractivity contribution in [3.63, 3.8) is 0 Å². The number of ether oxygens (including phenoxy) is 1. The summed E-state index contributed by atoms with van der Waals surface area (Å²) in [7, 11) is -1.56. The van der Waals surface area contributed by atoms with E-state index in [1.54, 1.807) is 7.11 Å². The largest absolute Gasteiger partial charge is 0.383 e. The summed E-state index contributed by atoms with van der Waals surface area (Å²) < 4.78 is 32.1. The monoisotopic (exact) mass is 326 g/mol. The van der Waals surface area contributed by atoms with Crippen LogP contribution < -0.4 is 4.72 Å². The third-order valence-corrected chi connectivity index (χ3v) is 5.37. The SMILES string of the molecule is COCCN1CC[C@H](CNS(=O)(=O)Cc2ccc(C)cc2)C1. The number of nitrogens with zero attached hydrogens (tertiary/aromatic N) is 1. The third kappa shape index (κ3) is 5.68. The molecule has 1 aliphatic rings. The van der Waals surface area contributed by atoms with Gasteiger partial charge < -0.3 is 9.64 Å². The van der Waals surface area contributed by atoms with Gasteiger partial charge in [0.05, 0.1) is 12.4 Å². The van der Waals surface area contributed by atoms with Gasteiger partial charge in [-0.25, -0.2) is 13.1 Å². The zero-order valence-corrected chi connectivity index (χ0v) is 14.2. The molecule has 0 aromatic heterocycles. The maximum Gasteiger partial charge on any atom is 0.215 e. The van der Waals surface area contributed by atoms with Gasteiger partial charge in [-0.1, -0.05) is 29.8 Å². The molecular weight excluding hydrogens is 300 g/mol. The van der Waals surface area contributed by atoms with Crippen molar-refractivity contribution in [3.8, 4) is 0 Å². The Kier molecular flexibility index (Phi) is 6.37. The van der Waals surface area contributed by atoms with E-state index in [1.807, 2.05) is 31.2 Å². The second-order valence-corrected chi connectivity index (χ2v) is 7.85. The van der Waals surface area contributed by atoms with Crippen molar-refractivity contribution < 1.29 is 13.2 Å². The van der Waals surface area contributed by atoms with E-state index in [4.69, 9.17) is 4.74 Å². The van der Waals surface area contributed by atoms with E-state index < -0.39 is 10.0 Å². The van der Waals surface area contributed by atoms with E-state index in [2.05, 4.69) is 9.62 Å². The molecule has 5 nitrogen and oxygen atoms in total. The molecule has 0 aliphatic carbocycles. The molecule has 1 aromatic rings. The van der Waals surface area contributed by atoms with E-state index in [-0.39, 0.29) is 5.75 Å². The van der Waals surface area contributed by atoms with Crippen LogP contribution in [0.2, 0.25) is 0 Å². The lowest BCUT2D eigenvalue weighted by Crippen LogP contribution is -2.32. The first-order valence-corrected chi connectivity index (χ1v) is 9.38. The average molecular weight is 326 g/mol. The Morgan fingerprint density at radius 1 is 1.32 bits per heavy atom. The van der Waals surface area contributed by atoms with E-state index >= 15 is 0 Å². The first kappa shape index (κ1) is 17.4. The third-order valence-electron chi connectivity index (χ3n) is 4.05. The van der Waals surface area contributed by atoms with Gasteiger partial charge in [0.25, 0.3) is 0 Å². The number of aryl methyl sites for hydroxylation is 1. The zero-order valence-electron chi connectivity index (χ0n) is 13.4. The topological polar surface area (TPSA) is 58.6 Å². The molecule has 1 aromatic carbocycles. The molecule has 0 spiro atoms. The average Bonchev–Trinajstić information content (AvgIpc) is 2.93. The van der Waals surface area contributed by atoms with Gasteiger partial charge in [-0.15, -0.1) is 0 Å². The molecule has 1 fully saturated rings.